The van der Waals surface area contributed by atoms with Crippen LogP contribution in [0, 0.1) is 11.6 Å². The minimum Gasteiger partial charge on any atom is -0.368 e. The Morgan fingerprint density at radius 3 is 2.03 bits per heavy atom. The first-order valence-electron chi connectivity index (χ1n) is 9.91. The summed E-state index contributed by atoms with van der Waals surface area (Å²) in [6, 6.07) is 12.7. The normalized spacial score (nSPS) is 11.1. The van der Waals surface area contributed by atoms with E-state index in [0.717, 1.165) is 17.2 Å². The Kier molecular flexibility index (Phi) is 8.36. The number of halogens is 2. The first kappa shape index (κ1) is 23.0. The highest BCUT2D eigenvalue weighted by Gasteiger charge is 2.08. The Labute approximate surface area is 184 Å². The number of benzene rings is 2. The fourth-order valence-electron chi connectivity index (χ4n) is 2.97. The molecular weight excluding hydrogens is 416 g/mol. The van der Waals surface area contributed by atoms with Gasteiger partial charge in [0, 0.05) is 32.3 Å². The van der Waals surface area contributed by atoms with Gasteiger partial charge in [-0.1, -0.05) is 24.3 Å². The van der Waals surface area contributed by atoms with Crippen molar-refractivity contribution >= 4 is 17.8 Å². The maximum atomic E-state index is 13.2. The van der Waals surface area contributed by atoms with Crippen molar-refractivity contribution in [2.24, 2.45) is 0 Å². The second-order valence-corrected chi connectivity index (χ2v) is 7.03. The summed E-state index contributed by atoms with van der Waals surface area (Å²) in [7, 11) is 0. The summed E-state index contributed by atoms with van der Waals surface area (Å²) in [5, 5.41) is 11.7. The van der Waals surface area contributed by atoms with Crippen LogP contribution in [-0.2, 0) is 17.9 Å². The van der Waals surface area contributed by atoms with Crippen molar-refractivity contribution in [2.45, 2.75) is 13.1 Å². The van der Waals surface area contributed by atoms with Gasteiger partial charge in [0.25, 0.3) is 5.91 Å². The zero-order valence-electron chi connectivity index (χ0n) is 17.2. The average molecular weight is 439 g/mol. The quantitative estimate of drug-likeness (QED) is 0.255. The van der Waals surface area contributed by atoms with E-state index in [0.29, 0.717) is 37.7 Å². The van der Waals surface area contributed by atoms with E-state index in [4.69, 9.17) is 5.21 Å². The van der Waals surface area contributed by atoms with Crippen LogP contribution in [-0.4, -0.2) is 39.1 Å². The molecule has 3 rings (SSSR count). The Morgan fingerprint density at radius 1 is 0.938 bits per heavy atom. The summed E-state index contributed by atoms with van der Waals surface area (Å²) in [6.45, 7) is 2.41. The summed E-state index contributed by atoms with van der Waals surface area (Å²) in [5.41, 5.74) is 3.90. The van der Waals surface area contributed by atoms with Gasteiger partial charge in [0.1, 0.15) is 17.5 Å². The van der Waals surface area contributed by atoms with Gasteiger partial charge in [-0.25, -0.2) is 19.2 Å². The molecule has 0 radical (unpaired) electrons. The summed E-state index contributed by atoms with van der Waals surface area (Å²) in [4.78, 5) is 21.6. The summed E-state index contributed by atoms with van der Waals surface area (Å²) in [6.07, 6.45) is 5.61. The zero-order valence-corrected chi connectivity index (χ0v) is 17.2. The molecule has 3 N–H and O–H groups in total. The van der Waals surface area contributed by atoms with E-state index in [1.54, 1.807) is 30.5 Å². The van der Waals surface area contributed by atoms with Gasteiger partial charge in [0.2, 0.25) is 0 Å². The molecule has 0 aliphatic carbocycles. The van der Waals surface area contributed by atoms with Gasteiger partial charge < -0.3 is 5.32 Å². The second-order valence-electron chi connectivity index (χ2n) is 7.03. The number of carbonyl (C=O) groups is 1. The second kappa shape index (κ2) is 11.6. The lowest BCUT2D eigenvalue weighted by atomic mass is 10.1. The topological polar surface area (TPSA) is 90.4 Å². The van der Waals surface area contributed by atoms with Crippen molar-refractivity contribution in [1.29, 1.82) is 0 Å². The van der Waals surface area contributed by atoms with Crippen LogP contribution < -0.4 is 10.8 Å². The molecule has 7 nitrogen and oxygen atoms in total. The standard InChI is InChI=1S/C23H23F2N5O2/c24-19-5-1-17(2-6-19)15-30(16-18-3-7-20(25)8-4-18)12-11-26-22-14-27-21(13-28-22)9-10-23(31)29-32/h1-10,13-14,32H,11-12,15-16H2,(H,26,28)(H,29,31). The molecule has 3 aromatic rings. The third-order valence-corrected chi connectivity index (χ3v) is 4.56. The number of aromatic nitrogens is 2. The number of nitrogens with zero attached hydrogens (tertiary/aromatic N) is 3. The molecule has 0 saturated carbocycles. The zero-order chi connectivity index (χ0) is 22.8. The number of carbonyl (C=O) groups excluding carboxylic acids is 1. The number of rotatable bonds is 10. The fraction of sp³-hybridized carbons (Fsp3) is 0.174. The summed E-state index contributed by atoms with van der Waals surface area (Å²) < 4.78 is 26.5. The van der Waals surface area contributed by atoms with Gasteiger partial charge in [0.15, 0.2) is 0 Å². The molecule has 1 aromatic heterocycles. The smallest absolute Gasteiger partial charge is 0.267 e. The number of amides is 1. The minimum atomic E-state index is -0.656. The molecule has 0 bridgehead atoms. The SMILES string of the molecule is O=C(C=Cc1cnc(NCCN(Cc2ccc(F)cc2)Cc2ccc(F)cc2)cn1)NO. The van der Waals surface area contributed by atoms with Gasteiger partial charge >= 0.3 is 0 Å². The minimum absolute atomic E-state index is 0.283. The van der Waals surface area contributed by atoms with Crippen molar-refractivity contribution in [1.82, 2.24) is 20.3 Å². The van der Waals surface area contributed by atoms with Crippen LogP contribution >= 0.6 is 0 Å². The maximum Gasteiger partial charge on any atom is 0.267 e. The highest BCUT2D eigenvalue weighted by molar-refractivity contribution is 5.90. The Morgan fingerprint density at radius 2 is 1.53 bits per heavy atom. The van der Waals surface area contributed by atoms with E-state index in [1.807, 2.05) is 0 Å². The van der Waals surface area contributed by atoms with Crippen molar-refractivity contribution in [2.75, 3.05) is 18.4 Å². The third kappa shape index (κ3) is 7.53. The lowest BCUT2D eigenvalue weighted by molar-refractivity contribution is -0.124. The van der Waals surface area contributed by atoms with Crippen molar-refractivity contribution < 1.29 is 18.8 Å². The predicted molar refractivity (Wildman–Crippen MR) is 116 cm³/mol. The van der Waals surface area contributed by atoms with E-state index in [9.17, 15) is 13.6 Å². The van der Waals surface area contributed by atoms with Crippen LogP contribution in [0.1, 0.15) is 16.8 Å². The van der Waals surface area contributed by atoms with Gasteiger partial charge in [0.05, 0.1) is 18.1 Å². The number of nitrogens with one attached hydrogen (secondary N) is 2. The van der Waals surface area contributed by atoms with Crippen LogP contribution in [0.3, 0.4) is 0 Å². The van der Waals surface area contributed by atoms with Gasteiger partial charge in [-0.15, -0.1) is 0 Å². The Bertz CT molecular complexity index is 978. The molecule has 0 unspecified atom stereocenters. The van der Waals surface area contributed by atoms with E-state index >= 15 is 0 Å². The fourth-order valence-corrected chi connectivity index (χ4v) is 2.97. The molecular formula is C23H23F2N5O2. The van der Waals surface area contributed by atoms with Crippen molar-refractivity contribution in [3.63, 3.8) is 0 Å². The number of hydroxylamine groups is 1. The van der Waals surface area contributed by atoms with E-state index < -0.39 is 5.91 Å². The highest BCUT2D eigenvalue weighted by Crippen LogP contribution is 2.12. The molecule has 1 amide bonds. The lowest BCUT2D eigenvalue weighted by Gasteiger charge is -2.23. The molecule has 0 aliphatic rings. The van der Waals surface area contributed by atoms with E-state index in [1.165, 1.54) is 42.0 Å². The van der Waals surface area contributed by atoms with Crippen LogP contribution in [0.2, 0.25) is 0 Å². The monoisotopic (exact) mass is 439 g/mol. The van der Waals surface area contributed by atoms with Crippen molar-refractivity contribution in [3.8, 4) is 0 Å². The number of hydrogen-bond acceptors (Lipinski definition) is 6. The Hall–Kier alpha value is -3.69. The largest absolute Gasteiger partial charge is 0.368 e. The van der Waals surface area contributed by atoms with Crippen LogP contribution in [0.4, 0.5) is 14.6 Å². The molecule has 0 fully saturated rings. The predicted octanol–water partition coefficient (Wildman–Crippen LogP) is 3.39. The molecule has 0 atom stereocenters. The molecule has 32 heavy (non-hydrogen) atoms. The molecule has 2 aromatic carbocycles. The van der Waals surface area contributed by atoms with Gasteiger partial charge in [-0.3, -0.25) is 19.9 Å². The Balaban J connectivity index is 1.58. The molecule has 0 aliphatic heterocycles. The number of hydrogen-bond donors (Lipinski definition) is 3. The van der Waals surface area contributed by atoms with Crippen LogP contribution in [0.5, 0.6) is 0 Å². The van der Waals surface area contributed by atoms with Gasteiger partial charge in [-0.05, 0) is 41.5 Å². The highest BCUT2D eigenvalue weighted by atomic mass is 19.1. The van der Waals surface area contributed by atoms with Crippen LogP contribution in [0.15, 0.2) is 67.0 Å². The van der Waals surface area contributed by atoms with Crippen LogP contribution in [0.25, 0.3) is 6.08 Å². The number of anilines is 1. The van der Waals surface area contributed by atoms with E-state index in [-0.39, 0.29) is 11.6 Å². The molecule has 0 spiro atoms. The third-order valence-electron chi connectivity index (χ3n) is 4.56. The van der Waals surface area contributed by atoms with Crippen molar-refractivity contribution in [3.05, 3.63) is 95.5 Å². The molecule has 9 heteroatoms. The summed E-state index contributed by atoms with van der Waals surface area (Å²) >= 11 is 0. The first-order valence-corrected chi connectivity index (χ1v) is 9.91. The molecule has 166 valence electrons. The first-order chi connectivity index (χ1) is 15.5. The van der Waals surface area contributed by atoms with Gasteiger partial charge in [-0.2, -0.15) is 0 Å². The summed E-state index contributed by atoms with van der Waals surface area (Å²) in [5.74, 6) is -0.655. The molecule has 1 heterocycles. The average Bonchev–Trinajstić information content (AvgIpc) is 2.81. The lowest BCUT2D eigenvalue weighted by Crippen LogP contribution is -2.28. The molecule has 0 saturated heterocycles. The maximum absolute atomic E-state index is 13.2. The van der Waals surface area contributed by atoms with E-state index in [2.05, 4.69) is 20.2 Å².